The Morgan fingerprint density at radius 3 is 2.82 bits per heavy atom. The normalized spacial score (nSPS) is 11.9. The van der Waals surface area contributed by atoms with Crippen LogP contribution in [0.2, 0.25) is 10.0 Å². The van der Waals surface area contributed by atoms with E-state index in [1.807, 2.05) is 5.38 Å². The van der Waals surface area contributed by atoms with Gasteiger partial charge in [0, 0.05) is 16.5 Å². The number of nitrogens with two attached hydrogens (primary N) is 1. The van der Waals surface area contributed by atoms with Gasteiger partial charge < -0.3 is 25.6 Å². The fourth-order valence-corrected chi connectivity index (χ4v) is 4.59. The third-order valence-electron chi connectivity index (χ3n) is 4.68. The number of thiazole rings is 1. The number of halogens is 3. The Kier molecular flexibility index (Phi) is 10.2. The zero-order chi connectivity index (χ0) is 24.5. The highest BCUT2D eigenvalue weighted by Gasteiger charge is 2.14. The molecule has 0 amide bonds. The molecule has 0 saturated heterocycles. The Morgan fingerprint density at radius 2 is 2.09 bits per heavy atom. The smallest absolute Gasteiger partial charge is 0.320 e. The van der Waals surface area contributed by atoms with E-state index in [1.54, 1.807) is 23.7 Å². The van der Waals surface area contributed by atoms with Gasteiger partial charge in [0.05, 0.1) is 15.4 Å². The van der Waals surface area contributed by atoms with Crippen molar-refractivity contribution in [1.82, 2.24) is 10.3 Å². The summed E-state index contributed by atoms with van der Waals surface area (Å²) in [6.07, 6.45) is 1.73. The van der Waals surface area contributed by atoms with E-state index in [0.717, 1.165) is 23.9 Å². The lowest BCUT2D eigenvalue weighted by Gasteiger charge is -2.14. The molecule has 0 radical (unpaired) electrons. The largest absolute Gasteiger partial charge is 0.480 e. The molecule has 0 saturated carbocycles. The second-order valence-electron chi connectivity index (χ2n) is 7.23. The predicted molar refractivity (Wildman–Crippen MR) is 136 cm³/mol. The number of aliphatic carboxylic acids is 1. The molecule has 1 aromatic heterocycles. The van der Waals surface area contributed by atoms with Crippen LogP contribution >= 0.6 is 46.5 Å². The number of aromatic nitrogens is 1. The fourth-order valence-electron chi connectivity index (χ4n) is 2.91. The molecule has 3 rings (SSSR count). The van der Waals surface area contributed by atoms with E-state index < -0.39 is 17.8 Å². The molecule has 2 aromatic carbocycles. The maximum Gasteiger partial charge on any atom is 0.320 e. The molecule has 0 spiro atoms. The van der Waals surface area contributed by atoms with Crippen LogP contribution in [0, 0.1) is 5.82 Å². The lowest BCUT2D eigenvalue weighted by molar-refractivity contribution is -0.138. The average Bonchev–Trinajstić information content (AvgIpc) is 3.32. The summed E-state index contributed by atoms with van der Waals surface area (Å²) in [5.41, 5.74) is 8.01. The molecule has 1 heterocycles. The number of rotatable bonds is 13. The van der Waals surface area contributed by atoms with E-state index in [1.165, 1.54) is 23.5 Å². The lowest BCUT2D eigenvalue weighted by atomic mass is 10.1. The number of nitrogens with zero attached hydrogens (tertiary/aromatic N) is 1. The molecule has 1 unspecified atom stereocenters. The molecule has 0 fully saturated rings. The first-order valence-corrected chi connectivity index (χ1v) is 12.8. The van der Waals surface area contributed by atoms with E-state index in [-0.39, 0.29) is 10.8 Å². The van der Waals surface area contributed by atoms with E-state index in [4.69, 9.17) is 38.8 Å². The van der Waals surface area contributed by atoms with Gasteiger partial charge in [-0.1, -0.05) is 23.2 Å². The average molecular weight is 545 g/mol. The van der Waals surface area contributed by atoms with Crippen molar-refractivity contribution in [2.45, 2.75) is 30.2 Å². The summed E-state index contributed by atoms with van der Waals surface area (Å²) >= 11 is 15.0. The van der Waals surface area contributed by atoms with Gasteiger partial charge in [0.25, 0.3) is 0 Å². The molecule has 0 aliphatic carbocycles. The van der Waals surface area contributed by atoms with Crippen molar-refractivity contribution < 1.29 is 19.0 Å². The summed E-state index contributed by atoms with van der Waals surface area (Å²) in [7, 11) is 0. The first kappa shape index (κ1) is 26.5. The number of carboxylic acids is 1. The van der Waals surface area contributed by atoms with Crippen molar-refractivity contribution in [2.75, 3.05) is 17.8 Å². The molecular formula is C22H23Cl2FN4O3S2. The van der Waals surface area contributed by atoms with Gasteiger partial charge in [-0.25, -0.2) is 9.37 Å². The van der Waals surface area contributed by atoms with Crippen molar-refractivity contribution in [2.24, 2.45) is 5.73 Å². The number of ether oxygens (including phenoxy) is 1. The monoisotopic (exact) mass is 544 g/mol. The summed E-state index contributed by atoms with van der Waals surface area (Å²) in [5.74, 6) is -0.136. The second-order valence-corrected chi connectivity index (χ2v) is 9.64. The SMILES string of the molecule is NC(CCNCCCc1cc(Cl)ccc1Oc1cc(F)c(SNc2cscn2)cc1Cl)C(=O)O. The number of hydrogen-bond donors (Lipinski definition) is 4. The van der Waals surface area contributed by atoms with Gasteiger partial charge in [0.1, 0.15) is 29.2 Å². The Hall–Kier alpha value is -2.08. The molecule has 0 aliphatic rings. The fraction of sp³-hybridized carbons (Fsp3) is 0.273. The topological polar surface area (TPSA) is 110 Å². The van der Waals surface area contributed by atoms with Crippen LogP contribution < -0.4 is 20.5 Å². The van der Waals surface area contributed by atoms with Crippen LogP contribution in [0.4, 0.5) is 10.2 Å². The highest BCUT2D eigenvalue weighted by atomic mass is 35.5. The molecule has 5 N–H and O–H groups in total. The van der Waals surface area contributed by atoms with Crippen molar-refractivity contribution in [1.29, 1.82) is 0 Å². The molecule has 34 heavy (non-hydrogen) atoms. The van der Waals surface area contributed by atoms with Crippen LogP contribution in [0.25, 0.3) is 0 Å². The Morgan fingerprint density at radius 1 is 1.26 bits per heavy atom. The number of anilines is 1. The van der Waals surface area contributed by atoms with Crippen LogP contribution in [0.5, 0.6) is 11.5 Å². The van der Waals surface area contributed by atoms with E-state index in [2.05, 4.69) is 15.0 Å². The first-order chi connectivity index (χ1) is 16.3. The van der Waals surface area contributed by atoms with Gasteiger partial charge in [-0.2, -0.15) is 0 Å². The van der Waals surface area contributed by atoms with Crippen LogP contribution in [0.1, 0.15) is 18.4 Å². The van der Waals surface area contributed by atoms with E-state index >= 15 is 0 Å². The van der Waals surface area contributed by atoms with Gasteiger partial charge in [0.15, 0.2) is 0 Å². The number of aryl methyl sites for hydroxylation is 1. The van der Waals surface area contributed by atoms with Crippen LogP contribution in [-0.2, 0) is 11.2 Å². The third-order valence-corrected chi connectivity index (χ3v) is 6.64. The minimum atomic E-state index is -1.01. The van der Waals surface area contributed by atoms with Gasteiger partial charge in [-0.05, 0) is 74.1 Å². The summed E-state index contributed by atoms with van der Waals surface area (Å²) in [4.78, 5) is 15.2. The van der Waals surface area contributed by atoms with Crippen molar-refractivity contribution >= 4 is 58.3 Å². The minimum absolute atomic E-state index is 0.196. The van der Waals surface area contributed by atoms with Crippen LogP contribution in [0.15, 0.2) is 46.1 Å². The maximum atomic E-state index is 14.7. The van der Waals surface area contributed by atoms with Crippen LogP contribution in [-0.4, -0.2) is 35.2 Å². The Balaban J connectivity index is 1.59. The van der Waals surface area contributed by atoms with Crippen LogP contribution in [0.3, 0.4) is 0 Å². The maximum absolute atomic E-state index is 14.7. The van der Waals surface area contributed by atoms with Crippen molar-refractivity contribution in [3.63, 3.8) is 0 Å². The number of carboxylic acid groups (broad SMARTS) is 1. The van der Waals surface area contributed by atoms with Crippen molar-refractivity contribution in [3.8, 4) is 11.5 Å². The number of carbonyl (C=O) groups is 1. The minimum Gasteiger partial charge on any atom is -0.480 e. The standard InChI is InChI=1S/C22H23Cl2FN4O3S2/c23-14-3-4-18(13(8-14)2-1-6-27-7-5-17(26)22(30)31)32-19-10-16(25)20(9-15(19)24)34-29-21-11-33-12-28-21/h3-4,8-12,17,27,29H,1-2,5-7,26H2,(H,30,31). The van der Waals surface area contributed by atoms with Gasteiger partial charge in [-0.3, -0.25) is 4.79 Å². The molecule has 7 nitrogen and oxygen atoms in total. The Bertz CT molecular complexity index is 1110. The zero-order valence-electron chi connectivity index (χ0n) is 17.9. The van der Waals surface area contributed by atoms with Gasteiger partial charge in [-0.15, -0.1) is 11.3 Å². The third kappa shape index (κ3) is 8.00. The highest BCUT2D eigenvalue weighted by Crippen LogP contribution is 2.37. The molecular weight excluding hydrogens is 522 g/mol. The summed E-state index contributed by atoms with van der Waals surface area (Å²) < 4.78 is 23.6. The van der Waals surface area contributed by atoms with E-state index in [0.29, 0.717) is 47.4 Å². The number of benzene rings is 2. The number of hydrogen-bond acceptors (Lipinski definition) is 8. The molecule has 182 valence electrons. The predicted octanol–water partition coefficient (Wildman–Crippen LogP) is 5.82. The van der Waals surface area contributed by atoms with Gasteiger partial charge >= 0.3 is 5.97 Å². The molecule has 3 aromatic rings. The summed E-state index contributed by atoms with van der Waals surface area (Å²) in [6, 6.07) is 7.08. The zero-order valence-corrected chi connectivity index (χ0v) is 21.0. The summed E-state index contributed by atoms with van der Waals surface area (Å²) in [6.45, 7) is 1.16. The molecule has 1 atom stereocenters. The quantitative estimate of drug-likeness (QED) is 0.157. The first-order valence-electron chi connectivity index (χ1n) is 10.3. The Labute approximate surface area is 214 Å². The van der Waals surface area contributed by atoms with E-state index in [9.17, 15) is 9.18 Å². The highest BCUT2D eigenvalue weighted by molar-refractivity contribution is 8.00. The lowest BCUT2D eigenvalue weighted by Crippen LogP contribution is -2.33. The number of nitrogens with one attached hydrogen (secondary N) is 2. The molecule has 0 bridgehead atoms. The molecule has 0 aliphatic heterocycles. The summed E-state index contributed by atoms with van der Waals surface area (Å²) in [5, 5.41) is 14.6. The van der Waals surface area contributed by atoms with Gasteiger partial charge in [0.2, 0.25) is 0 Å². The second kappa shape index (κ2) is 13.1. The van der Waals surface area contributed by atoms with Crippen molar-refractivity contribution in [3.05, 3.63) is 62.6 Å². The molecule has 12 heteroatoms.